The molecule has 0 bridgehead atoms. The SMILES string of the molecule is CC1(F)CCc2ccncc2C1(C)C. The molecule has 1 unspecified atom stereocenters. The predicted octanol–water partition coefficient (Wildman–Crippen LogP) is 3.03. The van der Waals surface area contributed by atoms with Gasteiger partial charge < -0.3 is 0 Å². The van der Waals surface area contributed by atoms with E-state index >= 15 is 0 Å². The van der Waals surface area contributed by atoms with Crippen LogP contribution in [0.4, 0.5) is 4.39 Å². The molecule has 76 valence electrons. The number of rotatable bonds is 0. The van der Waals surface area contributed by atoms with E-state index in [2.05, 4.69) is 4.98 Å². The van der Waals surface area contributed by atoms with Crippen LogP contribution in [0.25, 0.3) is 0 Å². The summed E-state index contributed by atoms with van der Waals surface area (Å²) in [7, 11) is 0. The van der Waals surface area contributed by atoms with Crippen molar-refractivity contribution in [1.82, 2.24) is 4.98 Å². The zero-order valence-corrected chi connectivity index (χ0v) is 8.97. The Morgan fingerprint density at radius 2 is 2.07 bits per heavy atom. The first-order valence-electron chi connectivity index (χ1n) is 5.07. The van der Waals surface area contributed by atoms with E-state index in [1.165, 1.54) is 5.56 Å². The highest BCUT2D eigenvalue weighted by molar-refractivity contribution is 5.36. The van der Waals surface area contributed by atoms with Gasteiger partial charge in [-0.15, -0.1) is 0 Å². The number of fused-ring (bicyclic) bond motifs is 1. The molecule has 1 heterocycles. The van der Waals surface area contributed by atoms with Crippen LogP contribution in [-0.2, 0) is 11.8 Å². The molecule has 0 aliphatic heterocycles. The minimum atomic E-state index is -1.12. The molecule has 0 radical (unpaired) electrons. The Kier molecular flexibility index (Phi) is 1.91. The monoisotopic (exact) mass is 193 g/mol. The van der Waals surface area contributed by atoms with Gasteiger partial charge in [-0.05, 0) is 37.0 Å². The zero-order valence-electron chi connectivity index (χ0n) is 8.97. The lowest BCUT2D eigenvalue weighted by Gasteiger charge is -2.43. The maximum atomic E-state index is 14.3. The molecule has 1 nitrogen and oxygen atoms in total. The van der Waals surface area contributed by atoms with Gasteiger partial charge >= 0.3 is 0 Å². The number of nitrogens with zero attached hydrogens (tertiary/aromatic N) is 1. The minimum Gasteiger partial charge on any atom is -0.264 e. The highest BCUT2D eigenvalue weighted by Crippen LogP contribution is 2.45. The standard InChI is InChI=1S/C12H16FN/c1-11(2)10-8-14-7-5-9(10)4-6-12(11,3)13/h5,7-8H,4,6H2,1-3H3. The van der Waals surface area contributed by atoms with Crippen molar-refractivity contribution in [2.24, 2.45) is 0 Å². The number of halogens is 1. The van der Waals surface area contributed by atoms with Crippen LogP contribution in [0.15, 0.2) is 18.5 Å². The van der Waals surface area contributed by atoms with Crippen molar-refractivity contribution in [2.45, 2.75) is 44.7 Å². The summed E-state index contributed by atoms with van der Waals surface area (Å²) in [5, 5.41) is 0. The molecule has 1 aromatic rings. The summed E-state index contributed by atoms with van der Waals surface area (Å²) in [6.45, 7) is 5.63. The van der Waals surface area contributed by atoms with Crippen LogP contribution in [0.3, 0.4) is 0 Å². The zero-order chi connectivity index (χ0) is 10.4. The van der Waals surface area contributed by atoms with Crippen LogP contribution >= 0.6 is 0 Å². The molecule has 14 heavy (non-hydrogen) atoms. The molecule has 1 atom stereocenters. The summed E-state index contributed by atoms with van der Waals surface area (Å²) >= 11 is 0. The lowest BCUT2D eigenvalue weighted by molar-refractivity contribution is 0.0715. The Balaban J connectivity index is 2.57. The number of hydrogen-bond acceptors (Lipinski definition) is 1. The Labute approximate surface area is 84.4 Å². The van der Waals surface area contributed by atoms with Crippen LogP contribution in [0.5, 0.6) is 0 Å². The van der Waals surface area contributed by atoms with E-state index < -0.39 is 11.1 Å². The fourth-order valence-electron chi connectivity index (χ4n) is 2.17. The fourth-order valence-corrected chi connectivity index (χ4v) is 2.17. The molecule has 0 aromatic carbocycles. The molecule has 0 saturated heterocycles. The first-order chi connectivity index (χ1) is 6.45. The second-order valence-corrected chi connectivity index (χ2v) is 4.86. The Morgan fingerprint density at radius 1 is 1.36 bits per heavy atom. The molecule has 1 aromatic heterocycles. The predicted molar refractivity (Wildman–Crippen MR) is 55.1 cm³/mol. The summed E-state index contributed by atoms with van der Waals surface area (Å²) in [5.41, 5.74) is 0.772. The quantitative estimate of drug-likeness (QED) is 0.617. The van der Waals surface area contributed by atoms with Gasteiger partial charge in [-0.25, -0.2) is 4.39 Å². The number of pyridine rings is 1. The third-order valence-corrected chi connectivity index (χ3v) is 3.75. The summed E-state index contributed by atoms with van der Waals surface area (Å²) in [5.74, 6) is 0. The lowest BCUT2D eigenvalue weighted by Crippen LogP contribution is -2.45. The van der Waals surface area contributed by atoms with Gasteiger partial charge in [-0.1, -0.05) is 13.8 Å². The molecule has 2 heteroatoms. The largest absolute Gasteiger partial charge is 0.264 e. The third kappa shape index (κ3) is 1.17. The van der Waals surface area contributed by atoms with E-state index in [4.69, 9.17) is 0 Å². The van der Waals surface area contributed by atoms with Crippen LogP contribution in [0, 0.1) is 0 Å². The Hall–Kier alpha value is -0.920. The Bertz CT molecular complexity index is 355. The molecule has 0 fully saturated rings. The van der Waals surface area contributed by atoms with Crippen molar-refractivity contribution in [2.75, 3.05) is 0 Å². The lowest BCUT2D eigenvalue weighted by atomic mass is 9.65. The number of hydrogen-bond donors (Lipinski definition) is 0. The van der Waals surface area contributed by atoms with E-state index in [0.717, 1.165) is 12.0 Å². The smallest absolute Gasteiger partial charge is 0.117 e. The average molecular weight is 193 g/mol. The number of aryl methyl sites for hydroxylation is 1. The van der Waals surface area contributed by atoms with Crippen molar-refractivity contribution in [3.8, 4) is 0 Å². The normalized spacial score (nSPS) is 29.7. The van der Waals surface area contributed by atoms with Gasteiger partial charge in [0.15, 0.2) is 0 Å². The van der Waals surface area contributed by atoms with Crippen LogP contribution < -0.4 is 0 Å². The second kappa shape index (κ2) is 2.78. The van der Waals surface area contributed by atoms with Gasteiger partial charge in [0.05, 0.1) is 0 Å². The Morgan fingerprint density at radius 3 is 2.79 bits per heavy atom. The fraction of sp³-hybridized carbons (Fsp3) is 0.583. The molecule has 0 N–H and O–H groups in total. The van der Waals surface area contributed by atoms with E-state index in [9.17, 15) is 4.39 Å². The van der Waals surface area contributed by atoms with Gasteiger partial charge in [-0.3, -0.25) is 4.98 Å². The highest BCUT2D eigenvalue weighted by Gasteiger charge is 2.46. The minimum absolute atomic E-state index is 0.422. The van der Waals surface area contributed by atoms with Gasteiger partial charge in [-0.2, -0.15) is 0 Å². The third-order valence-electron chi connectivity index (χ3n) is 3.75. The van der Waals surface area contributed by atoms with Crippen molar-refractivity contribution in [3.63, 3.8) is 0 Å². The maximum absolute atomic E-state index is 14.3. The molecule has 1 aliphatic carbocycles. The molecular formula is C12H16FN. The molecular weight excluding hydrogens is 177 g/mol. The first-order valence-corrected chi connectivity index (χ1v) is 5.07. The molecule has 0 amide bonds. The van der Waals surface area contributed by atoms with Crippen molar-refractivity contribution in [1.29, 1.82) is 0 Å². The number of alkyl halides is 1. The van der Waals surface area contributed by atoms with Gasteiger partial charge in [0, 0.05) is 17.8 Å². The second-order valence-electron chi connectivity index (χ2n) is 4.86. The van der Waals surface area contributed by atoms with E-state index in [0.29, 0.717) is 6.42 Å². The van der Waals surface area contributed by atoms with E-state index in [-0.39, 0.29) is 0 Å². The van der Waals surface area contributed by atoms with Crippen molar-refractivity contribution < 1.29 is 4.39 Å². The molecule has 2 rings (SSSR count). The van der Waals surface area contributed by atoms with Crippen LogP contribution in [0.2, 0.25) is 0 Å². The average Bonchev–Trinajstić information content (AvgIpc) is 2.13. The van der Waals surface area contributed by atoms with Crippen LogP contribution in [-0.4, -0.2) is 10.7 Å². The summed E-state index contributed by atoms with van der Waals surface area (Å²) in [6.07, 6.45) is 5.04. The first kappa shape index (κ1) is 9.63. The van der Waals surface area contributed by atoms with Gasteiger partial charge in [0.25, 0.3) is 0 Å². The molecule has 0 saturated carbocycles. The van der Waals surface area contributed by atoms with Gasteiger partial charge in [0.1, 0.15) is 5.67 Å². The molecule has 1 aliphatic rings. The number of aromatic nitrogens is 1. The topological polar surface area (TPSA) is 12.9 Å². The molecule has 0 spiro atoms. The van der Waals surface area contributed by atoms with Crippen LogP contribution in [0.1, 0.15) is 38.3 Å². The van der Waals surface area contributed by atoms with Crippen molar-refractivity contribution >= 4 is 0 Å². The van der Waals surface area contributed by atoms with E-state index in [1.807, 2.05) is 26.1 Å². The summed E-state index contributed by atoms with van der Waals surface area (Å²) < 4.78 is 14.3. The summed E-state index contributed by atoms with van der Waals surface area (Å²) in [6, 6.07) is 2.01. The van der Waals surface area contributed by atoms with E-state index in [1.54, 1.807) is 13.1 Å². The maximum Gasteiger partial charge on any atom is 0.117 e. The summed E-state index contributed by atoms with van der Waals surface area (Å²) in [4.78, 5) is 4.09. The van der Waals surface area contributed by atoms with Crippen molar-refractivity contribution in [3.05, 3.63) is 29.6 Å². The highest BCUT2D eigenvalue weighted by atomic mass is 19.1. The van der Waals surface area contributed by atoms with Gasteiger partial charge in [0.2, 0.25) is 0 Å².